The van der Waals surface area contributed by atoms with E-state index in [4.69, 9.17) is 0 Å². The summed E-state index contributed by atoms with van der Waals surface area (Å²) in [5.41, 5.74) is 1.62. The summed E-state index contributed by atoms with van der Waals surface area (Å²) in [4.78, 5) is 3.86. The first kappa shape index (κ1) is 23.7. The minimum Gasteiger partial charge on any atom is -0.243 e. The van der Waals surface area contributed by atoms with Crippen molar-refractivity contribution in [1.29, 1.82) is 0 Å². The summed E-state index contributed by atoms with van der Waals surface area (Å²) >= 11 is 0. The largest absolute Gasteiger partial charge is 0.286 e. The zero-order valence-electron chi connectivity index (χ0n) is 18.5. The number of nitrogens with one attached hydrogen (secondary N) is 1. The molecule has 0 fully saturated rings. The van der Waals surface area contributed by atoms with Crippen molar-refractivity contribution < 1.29 is 26.7 Å². The van der Waals surface area contributed by atoms with Crippen LogP contribution in [0.5, 0.6) is 0 Å². The van der Waals surface area contributed by atoms with Crippen LogP contribution < -0.4 is 4.72 Å². The molecule has 2 aromatic carbocycles. The summed E-state index contributed by atoms with van der Waals surface area (Å²) in [6.07, 6.45) is 3.39. The fourth-order valence-corrected chi connectivity index (χ4v) is 8.48. The number of fused-ring (bicyclic) bond motifs is 2. The third kappa shape index (κ3) is 4.16. The van der Waals surface area contributed by atoms with Crippen LogP contribution in [0.1, 0.15) is 25.0 Å². The lowest BCUT2D eigenvalue weighted by molar-refractivity contribution is 0.560. The SMILES string of the molecule is CS(=O)(=O)NC1CCc2cc(S(=O)(=O)c3cc4ccccc4n3S(=O)(=O)c3ccccn3)ccc21.[HH]. The lowest BCUT2D eigenvalue weighted by Crippen LogP contribution is -2.25. The second-order valence-electron chi connectivity index (χ2n) is 8.32. The van der Waals surface area contributed by atoms with Gasteiger partial charge in [0.05, 0.1) is 16.7 Å². The van der Waals surface area contributed by atoms with E-state index in [1.54, 1.807) is 36.4 Å². The van der Waals surface area contributed by atoms with Gasteiger partial charge in [-0.1, -0.05) is 30.3 Å². The molecule has 2 heterocycles. The van der Waals surface area contributed by atoms with E-state index in [0.717, 1.165) is 10.2 Å². The maximum Gasteiger partial charge on any atom is 0.286 e. The van der Waals surface area contributed by atoms with Crippen LogP contribution in [0.3, 0.4) is 0 Å². The molecule has 1 aliphatic rings. The van der Waals surface area contributed by atoms with Crippen molar-refractivity contribution in [2.75, 3.05) is 6.26 Å². The molecule has 184 valence electrons. The lowest BCUT2D eigenvalue weighted by atomic mass is 10.1. The van der Waals surface area contributed by atoms with Gasteiger partial charge in [0.25, 0.3) is 10.0 Å². The van der Waals surface area contributed by atoms with Crippen molar-refractivity contribution in [2.24, 2.45) is 0 Å². The summed E-state index contributed by atoms with van der Waals surface area (Å²) in [7, 11) is -12.1. The number of benzene rings is 2. The highest BCUT2D eigenvalue weighted by atomic mass is 32.2. The van der Waals surface area contributed by atoms with Crippen molar-refractivity contribution in [3.63, 3.8) is 0 Å². The predicted octanol–water partition coefficient (Wildman–Crippen LogP) is 2.89. The number of hydrogen-bond donors (Lipinski definition) is 1. The van der Waals surface area contributed by atoms with E-state index in [9.17, 15) is 25.3 Å². The quantitative estimate of drug-likeness (QED) is 0.403. The molecule has 0 radical (unpaired) electrons. The van der Waals surface area contributed by atoms with Gasteiger partial charge >= 0.3 is 0 Å². The Hall–Kier alpha value is -3.06. The Kier molecular flexibility index (Phi) is 5.59. The Balaban J connectivity index is 0.00000304. The Morgan fingerprint density at radius 2 is 1.69 bits per heavy atom. The summed E-state index contributed by atoms with van der Waals surface area (Å²) < 4.78 is 81.4. The summed E-state index contributed by atoms with van der Waals surface area (Å²) in [5.74, 6) is 0. The zero-order chi connectivity index (χ0) is 25.0. The number of aryl methyl sites for hydroxylation is 1. The van der Waals surface area contributed by atoms with Crippen LogP contribution in [0.4, 0.5) is 0 Å². The van der Waals surface area contributed by atoms with Gasteiger partial charge in [0.15, 0.2) is 10.1 Å². The first-order valence-corrected chi connectivity index (χ1v) is 15.4. The Labute approximate surface area is 205 Å². The number of pyridine rings is 1. The maximum atomic E-state index is 13.8. The van der Waals surface area contributed by atoms with E-state index in [0.29, 0.717) is 29.4 Å². The Morgan fingerprint density at radius 1 is 0.943 bits per heavy atom. The third-order valence-electron chi connectivity index (χ3n) is 5.91. The molecule has 5 rings (SSSR count). The molecule has 1 N–H and O–H groups in total. The average molecular weight is 534 g/mol. The van der Waals surface area contributed by atoms with Gasteiger partial charge in [-0.05, 0) is 60.4 Å². The summed E-state index contributed by atoms with van der Waals surface area (Å²) in [6, 6.07) is 16.3. The smallest absolute Gasteiger partial charge is 0.243 e. The summed E-state index contributed by atoms with van der Waals surface area (Å²) in [5, 5.41) is -0.223. The van der Waals surface area contributed by atoms with Gasteiger partial charge in [-0.25, -0.2) is 30.5 Å². The van der Waals surface area contributed by atoms with Gasteiger partial charge in [-0.3, -0.25) is 0 Å². The van der Waals surface area contributed by atoms with Gasteiger partial charge in [0.2, 0.25) is 19.9 Å². The standard InChI is InChI=1S/C23H21N3O6S3.H2/c1-33(27,28)25-20-12-9-16-14-18(10-11-19(16)20)34(29,30)23-15-17-6-2-3-7-21(17)26(23)35(31,32)22-8-4-5-13-24-22;/h2-8,10-11,13-15,20,25H,9,12H2,1H3;1H. The maximum absolute atomic E-state index is 13.8. The number of sulfonamides is 1. The van der Waals surface area contributed by atoms with Crippen LogP contribution in [0.2, 0.25) is 0 Å². The van der Waals surface area contributed by atoms with E-state index < -0.39 is 41.0 Å². The Bertz CT molecular complexity index is 1790. The van der Waals surface area contributed by atoms with Crippen molar-refractivity contribution in [1.82, 2.24) is 13.7 Å². The molecule has 0 saturated carbocycles. The molecule has 0 bridgehead atoms. The molecule has 2 aromatic heterocycles. The van der Waals surface area contributed by atoms with Gasteiger partial charge in [-0.15, -0.1) is 0 Å². The van der Waals surface area contributed by atoms with E-state index >= 15 is 0 Å². The number of hydrogen-bond acceptors (Lipinski definition) is 7. The van der Waals surface area contributed by atoms with Gasteiger partial charge < -0.3 is 0 Å². The molecule has 9 nitrogen and oxygen atoms in total. The van der Waals surface area contributed by atoms with Crippen molar-refractivity contribution in [3.8, 4) is 0 Å². The molecular formula is C23H23N3O6S3. The van der Waals surface area contributed by atoms with Crippen LogP contribution in [0.15, 0.2) is 87.9 Å². The topological polar surface area (TPSA) is 132 Å². The molecular weight excluding hydrogens is 510 g/mol. The van der Waals surface area contributed by atoms with Crippen LogP contribution >= 0.6 is 0 Å². The van der Waals surface area contributed by atoms with Crippen molar-refractivity contribution >= 4 is 40.8 Å². The second kappa shape index (κ2) is 8.26. The average Bonchev–Trinajstić information content (AvgIpc) is 3.40. The number of para-hydroxylation sites is 1. The van der Waals surface area contributed by atoms with Crippen LogP contribution in [0, 0.1) is 0 Å². The highest BCUT2D eigenvalue weighted by molar-refractivity contribution is 7.93. The monoisotopic (exact) mass is 533 g/mol. The van der Waals surface area contributed by atoms with E-state index in [2.05, 4.69) is 9.71 Å². The third-order valence-corrected chi connectivity index (χ3v) is 10.1. The number of sulfone groups is 1. The van der Waals surface area contributed by atoms with E-state index in [1.165, 1.54) is 36.5 Å². The van der Waals surface area contributed by atoms with Gasteiger partial charge in [-0.2, -0.15) is 8.42 Å². The fraction of sp³-hybridized carbons (Fsp3) is 0.174. The van der Waals surface area contributed by atoms with Crippen molar-refractivity contribution in [2.45, 2.75) is 33.8 Å². The van der Waals surface area contributed by atoms with Crippen molar-refractivity contribution in [3.05, 3.63) is 84.1 Å². The van der Waals surface area contributed by atoms with Crippen LogP contribution in [-0.4, -0.2) is 40.5 Å². The minimum absolute atomic E-state index is 0. The van der Waals surface area contributed by atoms with E-state index in [1.807, 2.05) is 0 Å². The Morgan fingerprint density at radius 3 is 2.40 bits per heavy atom. The number of rotatable bonds is 6. The molecule has 1 aliphatic carbocycles. The minimum atomic E-state index is -4.33. The first-order valence-electron chi connectivity index (χ1n) is 10.6. The molecule has 0 amide bonds. The highest BCUT2D eigenvalue weighted by Gasteiger charge is 2.33. The predicted molar refractivity (Wildman–Crippen MR) is 132 cm³/mol. The number of aromatic nitrogens is 2. The molecule has 12 heteroatoms. The fourth-order valence-electron chi connectivity index (χ4n) is 4.40. The second-order valence-corrected chi connectivity index (χ2v) is 13.7. The molecule has 0 aliphatic heterocycles. The molecule has 1 atom stereocenters. The van der Waals surface area contributed by atoms with Gasteiger partial charge in [0, 0.05) is 19.1 Å². The van der Waals surface area contributed by atoms with Crippen LogP contribution in [0.25, 0.3) is 10.9 Å². The van der Waals surface area contributed by atoms with Gasteiger partial charge in [0.1, 0.15) is 0 Å². The summed E-state index contributed by atoms with van der Waals surface area (Å²) in [6.45, 7) is 0. The van der Waals surface area contributed by atoms with Crippen LogP contribution in [-0.2, 0) is 36.3 Å². The molecule has 1 unspecified atom stereocenters. The molecule has 4 aromatic rings. The normalized spacial score (nSPS) is 16.4. The number of nitrogens with zero attached hydrogens (tertiary/aromatic N) is 2. The lowest BCUT2D eigenvalue weighted by Gasteiger charge is -2.14. The first-order chi connectivity index (χ1) is 16.5. The molecule has 35 heavy (non-hydrogen) atoms. The molecule has 0 saturated heterocycles. The highest BCUT2D eigenvalue weighted by Crippen LogP contribution is 2.36. The molecule has 0 spiro atoms. The van der Waals surface area contributed by atoms with E-state index in [-0.39, 0.29) is 16.9 Å². The zero-order valence-corrected chi connectivity index (χ0v) is 20.9.